The van der Waals surface area contributed by atoms with E-state index in [1.165, 1.54) is 31.4 Å². The van der Waals surface area contributed by atoms with Crippen LogP contribution in [0.4, 0.5) is 8.78 Å². The molecule has 0 saturated heterocycles. The molecule has 2 aromatic heterocycles. The summed E-state index contributed by atoms with van der Waals surface area (Å²) in [6, 6.07) is 15.5. The van der Waals surface area contributed by atoms with Gasteiger partial charge in [-0.25, -0.2) is 18.6 Å². The summed E-state index contributed by atoms with van der Waals surface area (Å²) in [5.41, 5.74) is 2.21. The van der Waals surface area contributed by atoms with Gasteiger partial charge in [-0.05, 0) is 36.4 Å². The third kappa shape index (κ3) is 3.54. The third-order valence-electron chi connectivity index (χ3n) is 4.64. The van der Waals surface area contributed by atoms with Crippen LogP contribution in [0.3, 0.4) is 0 Å². The molecule has 0 atom stereocenters. The zero-order valence-electron chi connectivity index (χ0n) is 15.4. The van der Waals surface area contributed by atoms with Crippen molar-refractivity contribution in [2.45, 2.75) is 6.54 Å². The Kier molecular flexibility index (Phi) is 4.72. The maximum atomic E-state index is 14.4. The van der Waals surface area contributed by atoms with Gasteiger partial charge in [-0.3, -0.25) is 0 Å². The largest absolute Gasteiger partial charge is 0.494 e. The SMILES string of the molecule is COc1cc2cc(-c3cccc(F)c3)n(Cc3cccc(C(=O)O)n3)c2cc1F. The summed E-state index contributed by atoms with van der Waals surface area (Å²) in [4.78, 5) is 15.4. The maximum absolute atomic E-state index is 14.4. The van der Waals surface area contributed by atoms with Crippen LogP contribution < -0.4 is 4.74 Å². The van der Waals surface area contributed by atoms with Crippen molar-refractivity contribution in [3.05, 3.63) is 83.7 Å². The summed E-state index contributed by atoms with van der Waals surface area (Å²) in [5, 5.41) is 9.90. The highest BCUT2D eigenvalue weighted by Crippen LogP contribution is 2.33. The molecule has 4 rings (SSSR count). The van der Waals surface area contributed by atoms with Gasteiger partial charge in [0.1, 0.15) is 11.5 Å². The Morgan fingerprint density at radius 2 is 1.90 bits per heavy atom. The fourth-order valence-electron chi connectivity index (χ4n) is 3.33. The number of aromatic nitrogens is 2. The van der Waals surface area contributed by atoms with E-state index in [9.17, 15) is 18.7 Å². The fraction of sp³-hybridized carbons (Fsp3) is 0.0909. The van der Waals surface area contributed by atoms with Crippen molar-refractivity contribution in [3.63, 3.8) is 0 Å². The average Bonchev–Trinajstić information content (AvgIpc) is 3.05. The van der Waals surface area contributed by atoms with Crippen molar-refractivity contribution in [3.8, 4) is 17.0 Å². The van der Waals surface area contributed by atoms with Gasteiger partial charge >= 0.3 is 5.97 Å². The Balaban J connectivity index is 1.92. The van der Waals surface area contributed by atoms with Crippen molar-refractivity contribution < 1.29 is 23.4 Å². The maximum Gasteiger partial charge on any atom is 0.354 e. The standard InChI is InChI=1S/C22H16F2N2O3/c1-29-21-10-14-9-19(13-4-2-5-15(23)8-13)26(20(14)11-17(21)24)12-16-6-3-7-18(25-16)22(27)28/h2-11H,12H2,1H3,(H,27,28). The number of halogens is 2. The molecule has 7 heteroatoms. The van der Waals surface area contributed by atoms with E-state index in [4.69, 9.17) is 4.74 Å². The molecule has 5 nitrogen and oxygen atoms in total. The van der Waals surface area contributed by atoms with Gasteiger partial charge in [0.05, 0.1) is 24.9 Å². The smallest absolute Gasteiger partial charge is 0.354 e. The lowest BCUT2D eigenvalue weighted by molar-refractivity contribution is 0.0690. The predicted molar refractivity (Wildman–Crippen MR) is 104 cm³/mol. The highest BCUT2D eigenvalue weighted by Gasteiger charge is 2.16. The molecule has 29 heavy (non-hydrogen) atoms. The number of methoxy groups -OCH3 is 1. The molecule has 0 unspecified atom stereocenters. The van der Waals surface area contributed by atoms with E-state index in [1.54, 1.807) is 34.9 Å². The first-order valence-corrected chi connectivity index (χ1v) is 8.78. The minimum absolute atomic E-state index is 0.0842. The number of rotatable bonds is 5. The molecule has 0 spiro atoms. The number of aromatic carboxylic acids is 1. The number of pyridine rings is 1. The topological polar surface area (TPSA) is 64.3 Å². The highest BCUT2D eigenvalue weighted by atomic mass is 19.1. The lowest BCUT2D eigenvalue weighted by Crippen LogP contribution is -2.07. The summed E-state index contributed by atoms with van der Waals surface area (Å²) in [6.07, 6.45) is 0. The lowest BCUT2D eigenvalue weighted by atomic mass is 10.1. The molecule has 146 valence electrons. The molecule has 0 aliphatic heterocycles. The van der Waals surface area contributed by atoms with E-state index in [0.717, 1.165) is 0 Å². The highest BCUT2D eigenvalue weighted by molar-refractivity contribution is 5.88. The second kappa shape index (κ2) is 7.35. The van der Waals surface area contributed by atoms with Crippen LogP contribution in [0.5, 0.6) is 5.75 Å². The quantitative estimate of drug-likeness (QED) is 0.531. The minimum Gasteiger partial charge on any atom is -0.494 e. The Morgan fingerprint density at radius 1 is 1.10 bits per heavy atom. The van der Waals surface area contributed by atoms with Crippen LogP contribution >= 0.6 is 0 Å². The van der Waals surface area contributed by atoms with Crippen molar-refractivity contribution >= 4 is 16.9 Å². The van der Waals surface area contributed by atoms with Gasteiger partial charge in [0.2, 0.25) is 0 Å². The van der Waals surface area contributed by atoms with Crippen LogP contribution in [0.15, 0.2) is 60.7 Å². The number of hydrogen-bond acceptors (Lipinski definition) is 3. The second-order valence-corrected chi connectivity index (χ2v) is 6.49. The summed E-state index contributed by atoms with van der Waals surface area (Å²) >= 11 is 0. The van der Waals surface area contributed by atoms with Crippen LogP contribution in [-0.2, 0) is 6.54 Å². The molecule has 2 heterocycles. The number of carboxylic acids is 1. The molecule has 0 radical (unpaired) electrons. The van der Waals surface area contributed by atoms with Gasteiger partial charge in [0.25, 0.3) is 0 Å². The van der Waals surface area contributed by atoms with E-state index in [-0.39, 0.29) is 18.0 Å². The van der Waals surface area contributed by atoms with Crippen LogP contribution in [0.25, 0.3) is 22.2 Å². The summed E-state index contributed by atoms with van der Waals surface area (Å²) < 4.78 is 35.1. The number of carboxylic acid groups (broad SMARTS) is 1. The Hall–Kier alpha value is -3.74. The van der Waals surface area contributed by atoms with Gasteiger partial charge in [-0.2, -0.15) is 0 Å². The molecule has 2 aromatic carbocycles. The van der Waals surface area contributed by atoms with Crippen molar-refractivity contribution in [1.82, 2.24) is 9.55 Å². The van der Waals surface area contributed by atoms with Crippen molar-refractivity contribution in [2.75, 3.05) is 7.11 Å². The zero-order valence-corrected chi connectivity index (χ0v) is 15.4. The fourth-order valence-corrected chi connectivity index (χ4v) is 3.33. The number of ether oxygens (including phenoxy) is 1. The number of nitrogens with zero attached hydrogens (tertiary/aromatic N) is 2. The first kappa shape index (κ1) is 18.6. The first-order valence-electron chi connectivity index (χ1n) is 8.78. The van der Waals surface area contributed by atoms with Gasteiger partial charge < -0.3 is 14.4 Å². The molecule has 0 fully saturated rings. The molecular weight excluding hydrogens is 378 g/mol. The summed E-state index contributed by atoms with van der Waals surface area (Å²) in [7, 11) is 1.38. The van der Waals surface area contributed by atoms with E-state index in [0.29, 0.717) is 27.9 Å². The summed E-state index contributed by atoms with van der Waals surface area (Å²) in [5.74, 6) is -1.96. The van der Waals surface area contributed by atoms with Gasteiger partial charge in [0, 0.05) is 22.7 Å². The van der Waals surface area contributed by atoms with Gasteiger partial charge in [0.15, 0.2) is 11.6 Å². The Morgan fingerprint density at radius 3 is 2.62 bits per heavy atom. The molecule has 0 aliphatic carbocycles. The van der Waals surface area contributed by atoms with E-state index in [1.807, 2.05) is 6.07 Å². The molecule has 4 aromatic rings. The predicted octanol–water partition coefficient (Wildman–Crippen LogP) is 4.74. The van der Waals surface area contributed by atoms with E-state index in [2.05, 4.69) is 4.98 Å². The number of benzene rings is 2. The lowest BCUT2D eigenvalue weighted by Gasteiger charge is -2.12. The average molecular weight is 394 g/mol. The number of carbonyl (C=O) groups is 1. The molecule has 0 saturated carbocycles. The van der Waals surface area contributed by atoms with Crippen LogP contribution in [0, 0.1) is 11.6 Å². The Labute approximate surface area is 164 Å². The van der Waals surface area contributed by atoms with Gasteiger partial charge in [-0.1, -0.05) is 18.2 Å². The van der Waals surface area contributed by atoms with Crippen LogP contribution in [-0.4, -0.2) is 27.7 Å². The minimum atomic E-state index is -1.13. The van der Waals surface area contributed by atoms with E-state index < -0.39 is 17.6 Å². The number of hydrogen-bond donors (Lipinski definition) is 1. The third-order valence-corrected chi connectivity index (χ3v) is 4.64. The van der Waals surface area contributed by atoms with Crippen LogP contribution in [0.2, 0.25) is 0 Å². The number of fused-ring (bicyclic) bond motifs is 1. The summed E-state index contributed by atoms with van der Waals surface area (Å²) in [6.45, 7) is 0.183. The molecule has 0 bridgehead atoms. The van der Waals surface area contributed by atoms with Crippen molar-refractivity contribution in [1.29, 1.82) is 0 Å². The first-order chi connectivity index (χ1) is 14.0. The van der Waals surface area contributed by atoms with Gasteiger partial charge in [-0.15, -0.1) is 0 Å². The van der Waals surface area contributed by atoms with Crippen LogP contribution in [0.1, 0.15) is 16.2 Å². The normalized spacial score (nSPS) is 11.0. The molecular formula is C22H16F2N2O3. The van der Waals surface area contributed by atoms with Crippen molar-refractivity contribution in [2.24, 2.45) is 0 Å². The monoisotopic (exact) mass is 394 g/mol. The molecule has 1 N–H and O–H groups in total. The second-order valence-electron chi connectivity index (χ2n) is 6.49. The Bertz CT molecular complexity index is 1230. The zero-order chi connectivity index (χ0) is 20.5. The van der Waals surface area contributed by atoms with E-state index >= 15 is 0 Å². The molecule has 0 amide bonds. The molecule has 0 aliphatic rings.